The molecule has 0 spiro atoms. The van der Waals surface area contributed by atoms with Crippen LogP contribution in [0.5, 0.6) is 11.5 Å². The molecule has 0 saturated carbocycles. The summed E-state index contributed by atoms with van der Waals surface area (Å²) in [5.74, 6) is 0.895. The van der Waals surface area contributed by atoms with E-state index in [0.29, 0.717) is 11.3 Å². The molecule has 0 fully saturated rings. The van der Waals surface area contributed by atoms with Crippen molar-refractivity contribution >= 4 is 15.9 Å². The van der Waals surface area contributed by atoms with Crippen LogP contribution >= 0.6 is 15.9 Å². The Morgan fingerprint density at radius 3 is 2.39 bits per heavy atom. The zero-order valence-corrected chi connectivity index (χ0v) is 16.8. The molecule has 1 aromatic heterocycles. The van der Waals surface area contributed by atoms with Crippen molar-refractivity contribution in [3.05, 3.63) is 57.4 Å². The van der Waals surface area contributed by atoms with Gasteiger partial charge in [0.05, 0.1) is 0 Å². The number of alkyl halides is 3. The molecule has 5 nitrogen and oxygen atoms in total. The van der Waals surface area contributed by atoms with Gasteiger partial charge in [0.25, 0.3) is 5.89 Å². The maximum atomic E-state index is 12.2. The van der Waals surface area contributed by atoms with Gasteiger partial charge in [-0.05, 0) is 67.8 Å². The Kier molecular flexibility index (Phi) is 5.64. The number of halogens is 4. The van der Waals surface area contributed by atoms with Crippen molar-refractivity contribution in [2.24, 2.45) is 0 Å². The van der Waals surface area contributed by atoms with E-state index in [0.717, 1.165) is 21.2 Å². The van der Waals surface area contributed by atoms with Crippen molar-refractivity contribution in [3.8, 4) is 22.9 Å². The van der Waals surface area contributed by atoms with Gasteiger partial charge in [-0.15, -0.1) is 13.2 Å². The number of ether oxygens (including phenoxy) is 2. The number of aromatic nitrogens is 2. The highest BCUT2D eigenvalue weighted by molar-refractivity contribution is 9.10. The second-order valence-electron chi connectivity index (χ2n) is 6.13. The van der Waals surface area contributed by atoms with Crippen molar-refractivity contribution in [2.45, 2.75) is 33.7 Å². The maximum absolute atomic E-state index is 12.2. The summed E-state index contributed by atoms with van der Waals surface area (Å²) in [6.45, 7) is 6.00. The normalized spacial score (nSPS) is 11.5. The Bertz CT molecular complexity index is 985. The van der Waals surface area contributed by atoms with E-state index >= 15 is 0 Å². The number of rotatable bonds is 5. The van der Waals surface area contributed by atoms with Crippen LogP contribution in [0.25, 0.3) is 11.4 Å². The zero-order valence-electron chi connectivity index (χ0n) is 15.2. The number of nitrogens with zero attached hydrogens (tertiary/aromatic N) is 2. The molecule has 0 atom stereocenters. The molecule has 148 valence electrons. The Morgan fingerprint density at radius 2 is 1.75 bits per heavy atom. The summed E-state index contributed by atoms with van der Waals surface area (Å²) in [5.41, 5.74) is 3.63. The van der Waals surface area contributed by atoms with Gasteiger partial charge >= 0.3 is 6.36 Å². The predicted molar refractivity (Wildman–Crippen MR) is 99.1 cm³/mol. The quantitative estimate of drug-likeness (QED) is 0.478. The fourth-order valence-electron chi connectivity index (χ4n) is 2.54. The van der Waals surface area contributed by atoms with E-state index in [9.17, 15) is 13.2 Å². The monoisotopic (exact) mass is 456 g/mol. The maximum Gasteiger partial charge on any atom is 0.573 e. The topological polar surface area (TPSA) is 57.4 Å². The molecule has 0 bridgehead atoms. The van der Waals surface area contributed by atoms with Crippen molar-refractivity contribution in [1.29, 1.82) is 0 Å². The molecule has 0 N–H and O–H groups in total. The average Bonchev–Trinajstić information content (AvgIpc) is 3.10. The van der Waals surface area contributed by atoms with E-state index in [2.05, 4.69) is 30.8 Å². The second kappa shape index (κ2) is 7.83. The lowest BCUT2D eigenvalue weighted by molar-refractivity contribution is -0.274. The van der Waals surface area contributed by atoms with Crippen LogP contribution in [0.3, 0.4) is 0 Å². The van der Waals surface area contributed by atoms with E-state index in [4.69, 9.17) is 9.26 Å². The molecule has 0 radical (unpaired) electrons. The third kappa shape index (κ3) is 4.64. The summed E-state index contributed by atoms with van der Waals surface area (Å²) in [6, 6.07) is 7.13. The van der Waals surface area contributed by atoms with E-state index < -0.39 is 6.36 Å². The Labute approximate surface area is 167 Å². The van der Waals surface area contributed by atoms with Gasteiger partial charge in [-0.3, -0.25) is 0 Å². The van der Waals surface area contributed by atoms with E-state index in [1.165, 1.54) is 24.3 Å². The van der Waals surface area contributed by atoms with Crippen LogP contribution in [-0.2, 0) is 6.61 Å². The highest BCUT2D eigenvalue weighted by Crippen LogP contribution is 2.32. The Balaban J connectivity index is 1.70. The zero-order chi connectivity index (χ0) is 20.5. The molecule has 0 aliphatic carbocycles. The molecule has 1 heterocycles. The summed E-state index contributed by atoms with van der Waals surface area (Å²) in [5, 5.41) is 3.84. The van der Waals surface area contributed by atoms with E-state index in [1.807, 2.05) is 26.8 Å². The van der Waals surface area contributed by atoms with Crippen molar-refractivity contribution in [2.75, 3.05) is 0 Å². The van der Waals surface area contributed by atoms with E-state index in [-0.39, 0.29) is 24.1 Å². The first-order chi connectivity index (χ1) is 13.1. The molecule has 0 aliphatic rings. The lowest BCUT2D eigenvalue weighted by Crippen LogP contribution is -2.16. The van der Waals surface area contributed by atoms with Gasteiger partial charge < -0.3 is 14.0 Å². The van der Waals surface area contributed by atoms with Gasteiger partial charge in [-0.1, -0.05) is 21.1 Å². The minimum Gasteiger partial charge on any atom is -0.483 e. The standard InChI is InChI=1S/C19H16BrF3N2O3/c1-10-8-15(11(2)12(3)17(10)20)26-9-16-24-18(25-28-16)13-4-6-14(7-5-13)27-19(21,22)23/h4-8H,9H2,1-3H3. The van der Waals surface area contributed by atoms with Crippen molar-refractivity contribution in [1.82, 2.24) is 10.1 Å². The highest BCUT2D eigenvalue weighted by Gasteiger charge is 2.31. The molecule has 0 amide bonds. The number of benzene rings is 2. The van der Waals surface area contributed by atoms with Crippen LogP contribution in [0.4, 0.5) is 13.2 Å². The lowest BCUT2D eigenvalue weighted by atomic mass is 10.1. The molecule has 3 aromatic rings. The third-order valence-electron chi connectivity index (χ3n) is 4.12. The van der Waals surface area contributed by atoms with Crippen LogP contribution in [0, 0.1) is 20.8 Å². The fraction of sp³-hybridized carbons (Fsp3) is 0.263. The Hall–Kier alpha value is -2.55. The van der Waals surface area contributed by atoms with Gasteiger partial charge in [0, 0.05) is 10.0 Å². The molecule has 28 heavy (non-hydrogen) atoms. The molecule has 0 aliphatic heterocycles. The predicted octanol–water partition coefficient (Wildman–Crippen LogP) is 5.90. The first-order valence-electron chi connectivity index (χ1n) is 8.22. The number of aryl methyl sites for hydroxylation is 1. The smallest absolute Gasteiger partial charge is 0.483 e. The van der Waals surface area contributed by atoms with Crippen LogP contribution in [0.2, 0.25) is 0 Å². The van der Waals surface area contributed by atoms with Crippen molar-refractivity contribution in [3.63, 3.8) is 0 Å². The van der Waals surface area contributed by atoms with Crippen molar-refractivity contribution < 1.29 is 27.2 Å². The molecule has 3 rings (SSSR count). The molecule has 9 heteroatoms. The summed E-state index contributed by atoms with van der Waals surface area (Å²) < 4.78 is 52.5. The lowest BCUT2D eigenvalue weighted by Gasteiger charge is -2.13. The number of hydrogen-bond donors (Lipinski definition) is 0. The van der Waals surface area contributed by atoms with Gasteiger partial charge in [0.2, 0.25) is 5.82 Å². The van der Waals surface area contributed by atoms with Crippen LogP contribution < -0.4 is 9.47 Å². The minimum atomic E-state index is -4.74. The van der Waals surface area contributed by atoms with Crippen LogP contribution in [-0.4, -0.2) is 16.5 Å². The summed E-state index contributed by atoms with van der Waals surface area (Å²) in [7, 11) is 0. The SMILES string of the molecule is Cc1cc(OCc2nc(-c3ccc(OC(F)(F)F)cc3)no2)c(C)c(C)c1Br. The van der Waals surface area contributed by atoms with Crippen LogP contribution in [0.1, 0.15) is 22.6 Å². The third-order valence-corrected chi connectivity index (χ3v) is 5.34. The molecule has 2 aromatic carbocycles. The number of hydrogen-bond acceptors (Lipinski definition) is 5. The first-order valence-corrected chi connectivity index (χ1v) is 9.01. The fourth-order valence-corrected chi connectivity index (χ4v) is 2.95. The Morgan fingerprint density at radius 1 is 1.07 bits per heavy atom. The largest absolute Gasteiger partial charge is 0.573 e. The van der Waals surface area contributed by atoms with Gasteiger partial charge in [-0.2, -0.15) is 4.98 Å². The summed E-state index contributed by atoms with van der Waals surface area (Å²) >= 11 is 3.54. The van der Waals surface area contributed by atoms with Gasteiger partial charge in [0.15, 0.2) is 6.61 Å². The minimum absolute atomic E-state index is 0.0730. The molecule has 0 unspecified atom stereocenters. The second-order valence-corrected chi connectivity index (χ2v) is 6.92. The van der Waals surface area contributed by atoms with Gasteiger partial charge in [0.1, 0.15) is 11.5 Å². The molecule has 0 saturated heterocycles. The van der Waals surface area contributed by atoms with Gasteiger partial charge in [-0.25, -0.2) is 0 Å². The first kappa shape index (κ1) is 20.2. The molecular formula is C19H16BrF3N2O3. The summed E-state index contributed by atoms with van der Waals surface area (Å²) in [4.78, 5) is 4.22. The van der Waals surface area contributed by atoms with Crippen LogP contribution in [0.15, 0.2) is 39.3 Å². The highest BCUT2D eigenvalue weighted by atomic mass is 79.9. The van der Waals surface area contributed by atoms with E-state index in [1.54, 1.807) is 0 Å². The average molecular weight is 457 g/mol. The summed E-state index contributed by atoms with van der Waals surface area (Å²) in [6.07, 6.45) is -4.74. The molecular weight excluding hydrogens is 441 g/mol.